The molecule has 2 fully saturated rings. The van der Waals surface area contributed by atoms with Gasteiger partial charge in [-0.2, -0.15) is 0 Å². The molecule has 0 atom stereocenters. The van der Waals surface area contributed by atoms with Crippen LogP contribution < -0.4 is 4.90 Å². The van der Waals surface area contributed by atoms with E-state index in [2.05, 4.69) is 19.8 Å². The molecule has 2 aliphatic rings. The Hall–Kier alpha value is -1.40. The van der Waals surface area contributed by atoms with Gasteiger partial charge >= 0.3 is 0 Å². The number of carbonyl (C=O) groups excluding carboxylic acids is 1. The molecule has 0 N–H and O–H groups in total. The summed E-state index contributed by atoms with van der Waals surface area (Å²) in [5.74, 6) is 1.84. The van der Waals surface area contributed by atoms with Crippen LogP contribution in [-0.2, 0) is 4.79 Å². The molecule has 0 spiro atoms. The molecule has 0 radical (unpaired) electrons. The first-order valence-electron chi connectivity index (χ1n) is 7.88. The predicted molar refractivity (Wildman–Crippen MR) is 86.2 cm³/mol. The molecule has 1 aromatic rings. The minimum absolute atomic E-state index is 0.270. The van der Waals surface area contributed by atoms with Crippen molar-refractivity contribution in [2.24, 2.45) is 0 Å². The van der Waals surface area contributed by atoms with E-state index in [4.69, 9.17) is 11.6 Å². The van der Waals surface area contributed by atoms with Gasteiger partial charge < -0.3 is 9.80 Å². The third-order valence-electron chi connectivity index (χ3n) is 4.31. The van der Waals surface area contributed by atoms with E-state index in [1.54, 1.807) is 6.07 Å². The number of hydrogen-bond donors (Lipinski definition) is 0. The van der Waals surface area contributed by atoms with Crippen LogP contribution in [0.1, 0.15) is 18.7 Å². The predicted octanol–water partition coefficient (Wildman–Crippen LogP) is 1.18. The first-order valence-corrected chi connectivity index (χ1v) is 8.26. The number of anilines is 1. The van der Waals surface area contributed by atoms with Gasteiger partial charge in [-0.1, -0.05) is 11.6 Å². The number of rotatable bonds is 3. The summed E-state index contributed by atoms with van der Waals surface area (Å²) in [7, 11) is 0. The van der Waals surface area contributed by atoms with Crippen LogP contribution >= 0.6 is 11.6 Å². The van der Waals surface area contributed by atoms with Crippen molar-refractivity contribution < 1.29 is 4.79 Å². The zero-order valence-corrected chi connectivity index (χ0v) is 13.7. The van der Waals surface area contributed by atoms with Gasteiger partial charge in [0.15, 0.2) is 0 Å². The van der Waals surface area contributed by atoms with Crippen LogP contribution in [0.5, 0.6) is 0 Å². The Morgan fingerprint density at radius 2 is 1.82 bits per heavy atom. The third kappa shape index (κ3) is 3.67. The van der Waals surface area contributed by atoms with Gasteiger partial charge in [0.2, 0.25) is 5.91 Å². The van der Waals surface area contributed by atoms with Crippen LogP contribution in [0.4, 0.5) is 5.82 Å². The molecule has 3 rings (SSSR count). The Balaban J connectivity index is 1.52. The lowest BCUT2D eigenvalue weighted by atomic mass is 10.3. The minimum Gasteiger partial charge on any atom is -0.354 e. The topological polar surface area (TPSA) is 52.6 Å². The van der Waals surface area contributed by atoms with Gasteiger partial charge in [-0.25, -0.2) is 9.97 Å². The molecule has 1 amide bonds. The van der Waals surface area contributed by atoms with E-state index < -0.39 is 0 Å². The third-order valence-corrected chi connectivity index (χ3v) is 4.50. The number of halogens is 1. The molecule has 120 valence electrons. The molecule has 6 nitrogen and oxygen atoms in total. The maximum atomic E-state index is 12.2. The van der Waals surface area contributed by atoms with Gasteiger partial charge in [0, 0.05) is 45.3 Å². The van der Waals surface area contributed by atoms with Crippen molar-refractivity contribution in [1.29, 1.82) is 0 Å². The summed E-state index contributed by atoms with van der Waals surface area (Å²) in [6, 6.07) is 1.81. The molecule has 0 unspecified atom stereocenters. The standard InChI is InChI=1S/C15H22ClN5O/c1-12-17-13(16)10-14(18-12)20-8-6-19(7-9-20)11-15(22)21-4-2-3-5-21/h10H,2-9,11H2,1H3. The zero-order valence-electron chi connectivity index (χ0n) is 13.0. The molecule has 0 aromatic carbocycles. The van der Waals surface area contributed by atoms with Crippen molar-refractivity contribution in [2.75, 3.05) is 50.7 Å². The number of aromatic nitrogens is 2. The fraction of sp³-hybridized carbons (Fsp3) is 0.667. The van der Waals surface area contributed by atoms with Crippen molar-refractivity contribution in [2.45, 2.75) is 19.8 Å². The molecule has 2 aliphatic heterocycles. The molecule has 0 saturated carbocycles. The largest absolute Gasteiger partial charge is 0.354 e. The highest BCUT2D eigenvalue weighted by molar-refractivity contribution is 6.29. The Kier molecular flexibility index (Phi) is 4.78. The second-order valence-electron chi connectivity index (χ2n) is 5.95. The first kappa shape index (κ1) is 15.5. The summed E-state index contributed by atoms with van der Waals surface area (Å²) in [5, 5.41) is 0.481. The first-order chi connectivity index (χ1) is 10.6. The number of piperazine rings is 1. The SMILES string of the molecule is Cc1nc(Cl)cc(N2CCN(CC(=O)N3CCCC3)CC2)n1. The highest BCUT2D eigenvalue weighted by Gasteiger charge is 2.24. The Morgan fingerprint density at radius 3 is 2.45 bits per heavy atom. The molecule has 2 saturated heterocycles. The molecule has 7 heteroatoms. The van der Waals surface area contributed by atoms with Crippen LogP contribution in [0, 0.1) is 6.92 Å². The van der Waals surface area contributed by atoms with Crippen molar-refractivity contribution in [1.82, 2.24) is 19.8 Å². The summed E-state index contributed by atoms with van der Waals surface area (Å²) in [5.41, 5.74) is 0. The number of nitrogens with zero attached hydrogens (tertiary/aromatic N) is 5. The monoisotopic (exact) mass is 323 g/mol. The van der Waals surface area contributed by atoms with E-state index in [-0.39, 0.29) is 5.91 Å². The Bertz CT molecular complexity index is 518. The number of carbonyl (C=O) groups is 1. The summed E-state index contributed by atoms with van der Waals surface area (Å²) in [4.78, 5) is 27.1. The van der Waals surface area contributed by atoms with Gasteiger partial charge in [0.05, 0.1) is 6.54 Å². The zero-order chi connectivity index (χ0) is 15.5. The fourth-order valence-corrected chi connectivity index (χ4v) is 3.29. The molecule has 0 bridgehead atoms. The van der Waals surface area contributed by atoms with E-state index >= 15 is 0 Å². The van der Waals surface area contributed by atoms with Crippen molar-refractivity contribution in [3.8, 4) is 0 Å². The summed E-state index contributed by atoms with van der Waals surface area (Å²) in [6.45, 7) is 7.72. The van der Waals surface area contributed by atoms with E-state index in [0.717, 1.165) is 57.9 Å². The molecule has 0 aliphatic carbocycles. The van der Waals surface area contributed by atoms with Crippen LogP contribution in [0.15, 0.2) is 6.07 Å². The van der Waals surface area contributed by atoms with Crippen molar-refractivity contribution in [3.63, 3.8) is 0 Å². The van der Waals surface area contributed by atoms with Crippen molar-refractivity contribution in [3.05, 3.63) is 17.0 Å². The fourth-order valence-electron chi connectivity index (χ4n) is 3.07. The quantitative estimate of drug-likeness (QED) is 0.782. The maximum Gasteiger partial charge on any atom is 0.236 e. The van der Waals surface area contributed by atoms with Crippen LogP contribution in [-0.4, -0.2) is 71.5 Å². The highest BCUT2D eigenvalue weighted by Crippen LogP contribution is 2.18. The van der Waals surface area contributed by atoms with E-state index in [0.29, 0.717) is 17.5 Å². The van der Waals surface area contributed by atoms with E-state index in [1.165, 1.54) is 0 Å². The normalized spacial score (nSPS) is 19.7. The van der Waals surface area contributed by atoms with E-state index in [1.807, 2.05) is 11.8 Å². The molecule has 3 heterocycles. The van der Waals surface area contributed by atoms with Gasteiger partial charge in [0.1, 0.15) is 16.8 Å². The smallest absolute Gasteiger partial charge is 0.236 e. The van der Waals surface area contributed by atoms with Crippen molar-refractivity contribution >= 4 is 23.3 Å². The lowest BCUT2D eigenvalue weighted by Gasteiger charge is -2.35. The number of likely N-dealkylation sites (tertiary alicyclic amines) is 1. The summed E-state index contributed by atoms with van der Waals surface area (Å²) >= 11 is 6.00. The lowest BCUT2D eigenvalue weighted by molar-refractivity contribution is -0.131. The van der Waals surface area contributed by atoms with Crippen LogP contribution in [0.3, 0.4) is 0 Å². The minimum atomic E-state index is 0.270. The molecular formula is C15H22ClN5O. The summed E-state index contributed by atoms with van der Waals surface area (Å²) < 4.78 is 0. The number of aryl methyl sites for hydroxylation is 1. The van der Waals surface area contributed by atoms with Crippen LogP contribution in [0.2, 0.25) is 5.15 Å². The Labute approximate surface area is 136 Å². The lowest BCUT2D eigenvalue weighted by Crippen LogP contribution is -2.50. The van der Waals surface area contributed by atoms with Gasteiger partial charge in [0.25, 0.3) is 0 Å². The van der Waals surface area contributed by atoms with Gasteiger partial charge in [-0.3, -0.25) is 9.69 Å². The number of amides is 1. The maximum absolute atomic E-state index is 12.2. The molecule has 1 aromatic heterocycles. The Morgan fingerprint density at radius 1 is 1.14 bits per heavy atom. The van der Waals surface area contributed by atoms with Gasteiger partial charge in [-0.05, 0) is 19.8 Å². The van der Waals surface area contributed by atoms with Crippen LogP contribution in [0.25, 0.3) is 0 Å². The molecule has 22 heavy (non-hydrogen) atoms. The summed E-state index contributed by atoms with van der Waals surface area (Å²) in [6.07, 6.45) is 2.29. The molecular weight excluding hydrogens is 302 g/mol. The van der Waals surface area contributed by atoms with Gasteiger partial charge in [-0.15, -0.1) is 0 Å². The van der Waals surface area contributed by atoms with E-state index in [9.17, 15) is 4.79 Å². The second-order valence-corrected chi connectivity index (χ2v) is 6.33. The second kappa shape index (κ2) is 6.79. The average molecular weight is 324 g/mol. The number of hydrogen-bond acceptors (Lipinski definition) is 5. The average Bonchev–Trinajstić information content (AvgIpc) is 3.01. The highest BCUT2D eigenvalue weighted by atomic mass is 35.5.